The highest BCUT2D eigenvalue weighted by molar-refractivity contribution is 5.56. The van der Waals surface area contributed by atoms with E-state index in [9.17, 15) is 15.2 Å². The van der Waals surface area contributed by atoms with Crippen molar-refractivity contribution in [2.45, 2.75) is 19.4 Å². The van der Waals surface area contributed by atoms with E-state index in [4.69, 9.17) is 11.0 Å². The molecule has 0 unspecified atom stereocenters. The molecule has 6 nitrogen and oxygen atoms in total. The molecule has 0 fully saturated rings. The molecule has 0 heterocycles. The fourth-order valence-electron chi connectivity index (χ4n) is 1.35. The Morgan fingerprint density at radius 2 is 2.31 bits per heavy atom. The first kappa shape index (κ1) is 11.9. The fourth-order valence-corrected chi connectivity index (χ4v) is 1.35. The molecular weight excluding hydrogens is 210 g/mol. The van der Waals surface area contributed by atoms with Crippen LogP contribution in [0.3, 0.4) is 0 Å². The average molecular weight is 221 g/mol. The number of phenols is 1. The number of rotatable bonds is 3. The standard InChI is InChI=1S/C10H11N3O3/c1-2-8(12)7-3-6(5-11)4-9(10(7)14)13(15)16/h3-4,8,14H,2,12H2,1H3/t8-/m0/s1. The molecule has 0 saturated carbocycles. The quantitative estimate of drug-likeness (QED) is 0.594. The molecule has 16 heavy (non-hydrogen) atoms. The van der Waals surface area contributed by atoms with Gasteiger partial charge in [0.1, 0.15) is 0 Å². The molecule has 0 spiro atoms. The van der Waals surface area contributed by atoms with Gasteiger partial charge in [0.05, 0.1) is 16.6 Å². The molecular formula is C10H11N3O3. The molecule has 1 aromatic carbocycles. The number of phenolic OH excluding ortho intramolecular Hbond substituents is 1. The van der Waals surface area contributed by atoms with Crippen LogP contribution in [0.2, 0.25) is 0 Å². The largest absolute Gasteiger partial charge is 0.502 e. The minimum absolute atomic E-state index is 0.114. The van der Waals surface area contributed by atoms with Gasteiger partial charge in [0.2, 0.25) is 0 Å². The summed E-state index contributed by atoms with van der Waals surface area (Å²) in [7, 11) is 0. The Balaban J connectivity index is 3.44. The van der Waals surface area contributed by atoms with Crippen LogP contribution in [0, 0.1) is 21.4 Å². The Labute approximate surface area is 92.1 Å². The van der Waals surface area contributed by atoms with Crippen LogP contribution in [0.25, 0.3) is 0 Å². The molecule has 0 saturated heterocycles. The molecule has 0 aliphatic heterocycles. The number of nitro groups is 1. The molecule has 3 N–H and O–H groups in total. The van der Waals surface area contributed by atoms with E-state index >= 15 is 0 Å². The van der Waals surface area contributed by atoms with Gasteiger partial charge in [0, 0.05) is 17.7 Å². The summed E-state index contributed by atoms with van der Waals surface area (Å²) < 4.78 is 0. The van der Waals surface area contributed by atoms with Crippen LogP contribution in [0.4, 0.5) is 5.69 Å². The number of benzene rings is 1. The van der Waals surface area contributed by atoms with Gasteiger partial charge in [-0.3, -0.25) is 10.1 Å². The van der Waals surface area contributed by atoms with Crippen molar-refractivity contribution in [2.75, 3.05) is 0 Å². The topological polar surface area (TPSA) is 113 Å². The maximum Gasteiger partial charge on any atom is 0.312 e. The van der Waals surface area contributed by atoms with Gasteiger partial charge < -0.3 is 10.8 Å². The highest BCUT2D eigenvalue weighted by atomic mass is 16.6. The second-order valence-electron chi connectivity index (χ2n) is 3.32. The number of nitrogens with zero attached hydrogens (tertiary/aromatic N) is 2. The molecule has 0 amide bonds. The minimum atomic E-state index is -0.734. The average Bonchev–Trinajstić information content (AvgIpc) is 2.28. The van der Waals surface area contributed by atoms with Gasteiger partial charge >= 0.3 is 5.69 Å². The number of nitro benzene ring substituents is 1. The van der Waals surface area contributed by atoms with Gasteiger partial charge in [-0.1, -0.05) is 6.92 Å². The van der Waals surface area contributed by atoms with E-state index in [0.29, 0.717) is 6.42 Å². The van der Waals surface area contributed by atoms with Gasteiger partial charge in [-0.05, 0) is 12.5 Å². The summed E-state index contributed by atoms with van der Waals surface area (Å²) >= 11 is 0. The van der Waals surface area contributed by atoms with Crippen LogP contribution in [0.15, 0.2) is 12.1 Å². The molecule has 1 atom stereocenters. The van der Waals surface area contributed by atoms with Crippen molar-refractivity contribution in [3.05, 3.63) is 33.4 Å². The second kappa shape index (κ2) is 4.59. The Morgan fingerprint density at radius 3 is 2.75 bits per heavy atom. The van der Waals surface area contributed by atoms with E-state index in [-0.39, 0.29) is 11.1 Å². The first-order valence-electron chi connectivity index (χ1n) is 4.68. The second-order valence-corrected chi connectivity index (χ2v) is 3.32. The Morgan fingerprint density at radius 1 is 1.69 bits per heavy atom. The van der Waals surface area contributed by atoms with Crippen molar-refractivity contribution in [3.8, 4) is 11.8 Å². The van der Waals surface area contributed by atoms with Crippen LogP contribution in [0.5, 0.6) is 5.75 Å². The lowest BCUT2D eigenvalue weighted by molar-refractivity contribution is -0.386. The van der Waals surface area contributed by atoms with Crippen molar-refractivity contribution in [2.24, 2.45) is 5.73 Å². The number of nitriles is 1. The third-order valence-corrected chi connectivity index (χ3v) is 2.28. The lowest BCUT2D eigenvalue weighted by Gasteiger charge is -2.11. The number of aromatic hydroxyl groups is 1. The molecule has 0 radical (unpaired) electrons. The Kier molecular flexibility index (Phi) is 3.43. The molecule has 1 rings (SSSR count). The first-order chi connectivity index (χ1) is 7.51. The van der Waals surface area contributed by atoms with Crippen LogP contribution < -0.4 is 5.73 Å². The van der Waals surface area contributed by atoms with E-state index in [1.54, 1.807) is 13.0 Å². The van der Waals surface area contributed by atoms with Crippen molar-refractivity contribution in [1.29, 1.82) is 5.26 Å². The zero-order chi connectivity index (χ0) is 12.3. The van der Waals surface area contributed by atoms with Crippen LogP contribution in [-0.2, 0) is 0 Å². The highest BCUT2D eigenvalue weighted by Gasteiger charge is 2.21. The van der Waals surface area contributed by atoms with E-state index in [2.05, 4.69) is 0 Å². The van der Waals surface area contributed by atoms with Crippen LogP contribution in [0.1, 0.15) is 30.5 Å². The van der Waals surface area contributed by atoms with Crippen molar-refractivity contribution >= 4 is 5.69 Å². The van der Waals surface area contributed by atoms with E-state index in [1.165, 1.54) is 6.07 Å². The van der Waals surface area contributed by atoms with Crippen LogP contribution >= 0.6 is 0 Å². The van der Waals surface area contributed by atoms with Crippen molar-refractivity contribution in [3.63, 3.8) is 0 Å². The SMILES string of the molecule is CC[C@H](N)c1cc(C#N)cc([N+](=O)[O-])c1O. The highest BCUT2D eigenvalue weighted by Crippen LogP contribution is 2.34. The predicted octanol–water partition coefficient (Wildman–Crippen LogP) is 1.58. The predicted molar refractivity (Wildman–Crippen MR) is 56.7 cm³/mol. The monoisotopic (exact) mass is 221 g/mol. The third kappa shape index (κ3) is 2.10. The molecule has 1 aromatic rings. The molecule has 0 bridgehead atoms. The maximum atomic E-state index is 10.6. The summed E-state index contributed by atoms with van der Waals surface area (Å²) in [5.41, 5.74) is 5.55. The summed E-state index contributed by atoms with van der Waals surface area (Å²) in [5, 5.41) is 29.0. The zero-order valence-corrected chi connectivity index (χ0v) is 8.67. The van der Waals surface area contributed by atoms with Gasteiger partial charge in [-0.15, -0.1) is 0 Å². The van der Waals surface area contributed by atoms with Gasteiger partial charge in [-0.2, -0.15) is 5.26 Å². The minimum Gasteiger partial charge on any atom is -0.502 e. The van der Waals surface area contributed by atoms with Gasteiger partial charge in [-0.25, -0.2) is 0 Å². The summed E-state index contributed by atoms with van der Waals surface area (Å²) in [4.78, 5) is 9.91. The number of nitrogens with two attached hydrogens (primary N) is 1. The van der Waals surface area contributed by atoms with Crippen molar-refractivity contribution in [1.82, 2.24) is 0 Å². The zero-order valence-electron chi connectivity index (χ0n) is 8.67. The van der Waals surface area contributed by atoms with E-state index < -0.39 is 22.4 Å². The Hall–Kier alpha value is -2.13. The summed E-state index contributed by atoms with van der Waals surface area (Å²) in [5.74, 6) is -0.460. The normalized spacial score (nSPS) is 11.8. The summed E-state index contributed by atoms with van der Waals surface area (Å²) in [6.07, 6.45) is 0.513. The summed E-state index contributed by atoms with van der Waals surface area (Å²) in [6.45, 7) is 1.79. The summed E-state index contributed by atoms with van der Waals surface area (Å²) in [6, 6.07) is 3.68. The number of hydrogen-bond acceptors (Lipinski definition) is 5. The number of hydrogen-bond donors (Lipinski definition) is 2. The lowest BCUT2D eigenvalue weighted by atomic mass is 10.0. The van der Waals surface area contributed by atoms with Gasteiger partial charge in [0.25, 0.3) is 0 Å². The molecule has 0 aliphatic carbocycles. The van der Waals surface area contributed by atoms with Gasteiger partial charge in [0.15, 0.2) is 5.75 Å². The third-order valence-electron chi connectivity index (χ3n) is 2.28. The maximum absolute atomic E-state index is 10.6. The lowest BCUT2D eigenvalue weighted by Crippen LogP contribution is -2.10. The smallest absolute Gasteiger partial charge is 0.312 e. The molecule has 6 heteroatoms. The molecule has 0 aromatic heterocycles. The van der Waals surface area contributed by atoms with E-state index in [1.807, 2.05) is 0 Å². The Bertz CT molecular complexity index is 465. The molecule has 84 valence electrons. The first-order valence-corrected chi connectivity index (χ1v) is 4.68. The molecule has 0 aliphatic rings. The fraction of sp³-hybridized carbons (Fsp3) is 0.300. The van der Waals surface area contributed by atoms with Crippen LogP contribution in [-0.4, -0.2) is 10.0 Å². The van der Waals surface area contributed by atoms with E-state index in [0.717, 1.165) is 6.07 Å². The van der Waals surface area contributed by atoms with Crippen molar-refractivity contribution < 1.29 is 10.0 Å².